The number of hydrogen-bond donors (Lipinski definition) is 1. The van der Waals surface area contributed by atoms with Crippen LogP contribution < -0.4 is 10.1 Å². The van der Waals surface area contributed by atoms with Crippen molar-refractivity contribution in [3.05, 3.63) is 65.7 Å². The van der Waals surface area contributed by atoms with Gasteiger partial charge in [0.15, 0.2) is 0 Å². The van der Waals surface area contributed by atoms with Crippen molar-refractivity contribution in [3.63, 3.8) is 0 Å². The van der Waals surface area contributed by atoms with Gasteiger partial charge in [-0.3, -0.25) is 0 Å². The molecule has 2 aromatic rings. The van der Waals surface area contributed by atoms with Crippen LogP contribution in [0.4, 0.5) is 0 Å². The van der Waals surface area contributed by atoms with Gasteiger partial charge in [-0.1, -0.05) is 42.5 Å². The Morgan fingerprint density at radius 2 is 1.74 bits per heavy atom. The van der Waals surface area contributed by atoms with Gasteiger partial charge < -0.3 is 10.1 Å². The summed E-state index contributed by atoms with van der Waals surface area (Å²) in [5, 5.41) is 3.33. The Morgan fingerprint density at radius 3 is 2.37 bits per heavy atom. The first-order valence-corrected chi connectivity index (χ1v) is 6.66. The summed E-state index contributed by atoms with van der Waals surface area (Å²) >= 11 is 0. The number of nitrogens with one attached hydrogen (secondary N) is 1. The molecule has 0 fully saturated rings. The molecule has 2 atom stereocenters. The fourth-order valence-electron chi connectivity index (χ4n) is 2.30. The van der Waals surface area contributed by atoms with Crippen LogP contribution in [0.2, 0.25) is 0 Å². The molecule has 0 heterocycles. The predicted octanol–water partition coefficient (Wildman–Crippen LogP) is 3.72. The summed E-state index contributed by atoms with van der Waals surface area (Å²) in [5.74, 6) is 0.920. The van der Waals surface area contributed by atoms with E-state index in [-0.39, 0.29) is 12.1 Å². The predicted molar refractivity (Wildman–Crippen MR) is 79.5 cm³/mol. The molecule has 0 spiro atoms. The van der Waals surface area contributed by atoms with Crippen molar-refractivity contribution in [3.8, 4) is 5.75 Å². The lowest BCUT2D eigenvalue weighted by Crippen LogP contribution is -2.31. The van der Waals surface area contributed by atoms with Gasteiger partial charge in [-0.25, -0.2) is 0 Å². The number of aryl methyl sites for hydroxylation is 1. The first-order valence-electron chi connectivity index (χ1n) is 6.66. The summed E-state index contributed by atoms with van der Waals surface area (Å²) in [6.07, 6.45) is 0.0641. The SMILES string of the molecule is CNC(c1ccccc1)C(C)Oc1cccc(C)c1. The zero-order valence-corrected chi connectivity index (χ0v) is 11.8. The third-order valence-electron chi connectivity index (χ3n) is 3.25. The third kappa shape index (κ3) is 3.58. The first-order chi connectivity index (χ1) is 9.20. The zero-order chi connectivity index (χ0) is 13.7. The molecule has 0 amide bonds. The number of benzene rings is 2. The minimum absolute atomic E-state index is 0.0641. The lowest BCUT2D eigenvalue weighted by Gasteiger charge is -2.25. The quantitative estimate of drug-likeness (QED) is 0.879. The number of ether oxygens (including phenoxy) is 1. The third-order valence-corrected chi connectivity index (χ3v) is 3.25. The molecule has 0 aliphatic rings. The van der Waals surface area contributed by atoms with Crippen molar-refractivity contribution in [1.82, 2.24) is 5.32 Å². The Labute approximate surface area is 115 Å². The standard InChI is InChI=1S/C17H21NO/c1-13-8-7-11-16(12-13)19-14(2)17(18-3)15-9-5-4-6-10-15/h4-12,14,17-18H,1-3H3. The molecule has 0 saturated carbocycles. The van der Waals surface area contributed by atoms with E-state index in [2.05, 4.69) is 55.6 Å². The maximum absolute atomic E-state index is 6.04. The Kier molecular flexibility index (Phi) is 4.58. The van der Waals surface area contributed by atoms with Crippen molar-refractivity contribution in [1.29, 1.82) is 0 Å². The lowest BCUT2D eigenvalue weighted by atomic mass is 10.0. The topological polar surface area (TPSA) is 21.3 Å². The molecular weight excluding hydrogens is 234 g/mol. The molecule has 2 aromatic carbocycles. The summed E-state index contributed by atoms with van der Waals surface area (Å²) < 4.78 is 6.04. The fraction of sp³-hybridized carbons (Fsp3) is 0.294. The van der Waals surface area contributed by atoms with Gasteiger partial charge in [0.1, 0.15) is 11.9 Å². The molecule has 0 radical (unpaired) electrons. The van der Waals surface area contributed by atoms with Gasteiger partial charge in [-0.15, -0.1) is 0 Å². The van der Waals surface area contributed by atoms with E-state index < -0.39 is 0 Å². The van der Waals surface area contributed by atoms with Crippen LogP contribution in [0.5, 0.6) is 5.75 Å². The second kappa shape index (κ2) is 6.39. The summed E-state index contributed by atoms with van der Waals surface area (Å²) in [6, 6.07) is 18.7. The highest BCUT2D eigenvalue weighted by Crippen LogP contribution is 2.22. The molecule has 19 heavy (non-hydrogen) atoms. The smallest absolute Gasteiger partial charge is 0.120 e. The van der Waals surface area contributed by atoms with Gasteiger partial charge in [-0.05, 0) is 44.2 Å². The summed E-state index contributed by atoms with van der Waals surface area (Å²) in [6.45, 7) is 4.17. The van der Waals surface area contributed by atoms with Crippen LogP contribution in [0.15, 0.2) is 54.6 Å². The monoisotopic (exact) mass is 255 g/mol. The Hall–Kier alpha value is -1.80. The molecule has 0 aliphatic carbocycles. The molecule has 100 valence electrons. The Morgan fingerprint density at radius 1 is 1.00 bits per heavy atom. The van der Waals surface area contributed by atoms with Crippen LogP contribution in [-0.4, -0.2) is 13.2 Å². The van der Waals surface area contributed by atoms with Gasteiger partial charge in [0.2, 0.25) is 0 Å². The van der Waals surface area contributed by atoms with Crippen molar-refractivity contribution >= 4 is 0 Å². The second-order valence-electron chi connectivity index (χ2n) is 4.82. The van der Waals surface area contributed by atoms with Crippen LogP contribution in [0.1, 0.15) is 24.1 Å². The van der Waals surface area contributed by atoms with Crippen LogP contribution in [0.25, 0.3) is 0 Å². The largest absolute Gasteiger partial charge is 0.489 e. The minimum Gasteiger partial charge on any atom is -0.489 e. The van der Waals surface area contributed by atoms with Gasteiger partial charge >= 0.3 is 0 Å². The number of likely N-dealkylation sites (N-methyl/N-ethyl adjacent to an activating group) is 1. The molecule has 0 bridgehead atoms. The van der Waals surface area contributed by atoms with Gasteiger partial charge in [0.05, 0.1) is 6.04 Å². The first kappa shape index (κ1) is 13.6. The number of hydrogen-bond acceptors (Lipinski definition) is 2. The molecule has 1 N–H and O–H groups in total. The molecule has 0 aromatic heterocycles. The highest BCUT2D eigenvalue weighted by atomic mass is 16.5. The van der Waals surface area contributed by atoms with E-state index in [9.17, 15) is 0 Å². The van der Waals surface area contributed by atoms with Crippen LogP contribution in [0.3, 0.4) is 0 Å². The van der Waals surface area contributed by atoms with Crippen LogP contribution >= 0.6 is 0 Å². The molecule has 2 nitrogen and oxygen atoms in total. The molecule has 2 unspecified atom stereocenters. The Balaban J connectivity index is 2.11. The maximum atomic E-state index is 6.04. The van der Waals surface area contributed by atoms with Gasteiger partial charge in [0.25, 0.3) is 0 Å². The summed E-state index contributed by atoms with van der Waals surface area (Å²) in [4.78, 5) is 0. The van der Waals surface area contributed by atoms with Crippen molar-refractivity contribution in [2.75, 3.05) is 7.05 Å². The highest BCUT2D eigenvalue weighted by Gasteiger charge is 2.18. The van der Waals surface area contributed by atoms with E-state index in [4.69, 9.17) is 4.74 Å². The van der Waals surface area contributed by atoms with E-state index in [0.717, 1.165) is 5.75 Å². The maximum Gasteiger partial charge on any atom is 0.120 e. The van der Waals surface area contributed by atoms with Crippen LogP contribution in [0, 0.1) is 6.92 Å². The molecule has 0 saturated heterocycles. The van der Waals surface area contributed by atoms with E-state index >= 15 is 0 Å². The van der Waals surface area contributed by atoms with E-state index in [1.165, 1.54) is 11.1 Å². The zero-order valence-electron chi connectivity index (χ0n) is 11.8. The second-order valence-corrected chi connectivity index (χ2v) is 4.82. The summed E-state index contributed by atoms with van der Waals surface area (Å²) in [7, 11) is 1.97. The van der Waals surface area contributed by atoms with E-state index in [0.29, 0.717) is 0 Å². The summed E-state index contributed by atoms with van der Waals surface area (Å²) in [5.41, 5.74) is 2.45. The lowest BCUT2D eigenvalue weighted by molar-refractivity contribution is 0.175. The normalized spacial score (nSPS) is 13.8. The van der Waals surface area contributed by atoms with E-state index in [1.807, 2.05) is 25.2 Å². The van der Waals surface area contributed by atoms with Crippen molar-refractivity contribution in [2.24, 2.45) is 0 Å². The number of rotatable bonds is 5. The minimum atomic E-state index is 0.0641. The van der Waals surface area contributed by atoms with Gasteiger partial charge in [0, 0.05) is 0 Å². The molecular formula is C17H21NO. The van der Waals surface area contributed by atoms with E-state index in [1.54, 1.807) is 0 Å². The van der Waals surface area contributed by atoms with Gasteiger partial charge in [-0.2, -0.15) is 0 Å². The van der Waals surface area contributed by atoms with Crippen LogP contribution in [-0.2, 0) is 0 Å². The Bertz CT molecular complexity index is 510. The van der Waals surface area contributed by atoms with Crippen molar-refractivity contribution < 1.29 is 4.74 Å². The average molecular weight is 255 g/mol. The average Bonchev–Trinajstić information content (AvgIpc) is 2.41. The molecule has 0 aliphatic heterocycles. The fourth-order valence-corrected chi connectivity index (χ4v) is 2.30. The molecule has 2 rings (SSSR count). The van der Waals surface area contributed by atoms with Crippen molar-refractivity contribution in [2.45, 2.75) is 26.0 Å². The highest BCUT2D eigenvalue weighted by molar-refractivity contribution is 5.28. The molecule has 2 heteroatoms.